The Kier molecular flexibility index (Phi) is 3.07. The van der Waals surface area contributed by atoms with E-state index < -0.39 is 0 Å². The molecule has 1 unspecified atom stereocenters. The van der Waals surface area contributed by atoms with Gasteiger partial charge in [0.2, 0.25) is 0 Å². The van der Waals surface area contributed by atoms with Crippen molar-refractivity contribution in [1.29, 1.82) is 0 Å². The molecule has 2 rings (SSSR count). The first-order valence-corrected chi connectivity index (χ1v) is 5.37. The van der Waals surface area contributed by atoms with Crippen molar-refractivity contribution in [2.45, 2.75) is 12.8 Å². The van der Waals surface area contributed by atoms with Crippen molar-refractivity contribution in [3.8, 4) is 0 Å². The Hall–Kier alpha value is -1.28. The zero-order valence-electron chi connectivity index (χ0n) is 9.07. The fourth-order valence-corrected chi connectivity index (χ4v) is 2.18. The maximum Gasteiger partial charge on any atom is 0.0964 e. The van der Waals surface area contributed by atoms with Crippen LogP contribution in [0.15, 0.2) is 47.3 Å². The van der Waals surface area contributed by atoms with Crippen LogP contribution in [0.3, 0.4) is 0 Å². The van der Waals surface area contributed by atoms with Gasteiger partial charge in [-0.25, -0.2) is 0 Å². The second kappa shape index (κ2) is 4.49. The van der Waals surface area contributed by atoms with Crippen LogP contribution >= 0.6 is 0 Å². The number of methoxy groups -OCH3 is 1. The van der Waals surface area contributed by atoms with Gasteiger partial charge < -0.3 is 10.5 Å². The van der Waals surface area contributed by atoms with E-state index >= 15 is 0 Å². The maximum atomic E-state index is 5.62. The van der Waals surface area contributed by atoms with Gasteiger partial charge in [-0.3, -0.25) is 0 Å². The van der Waals surface area contributed by atoms with Gasteiger partial charge in [0.05, 0.1) is 12.9 Å². The Morgan fingerprint density at radius 3 is 3.00 bits per heavy atom. The summed E-state index contributed by atoms with van der Waals surface area (Å²) in [5.41, 5.74) is 8.42. The van der Waals surface area contributed by atoms with Gasteiger partial charge in [-0.2, -0.15) is 0 Å². The van der Waals surface area contributed by atoms with Crippen molar-refractivity contribution < 1.29 is 4.74 Å². The summed E-state index contributed by atoms with van der Waals surface area (Å²) in [6, 6.07) is 0. The second-order valence-electron chi connectivity index (χ2n) is 3.90. The molecule has 80 valence electrons. The van der Waals surface area contributed by atoms with Crippen molar-refractivity contribution >= 4 is 0 Å². The van der Waals surface area contributed by atoms with Crippen LogP contribution in [-0.4, -0.2) is 13.7 Å². The van der Waals surface area contributed by atoms with Crippen molar-refractivity contribution in [1.82, 2.24) is 0 Å². The number of nitrogens with two attached hydrogens (primary N) is 1. The third-order valence-corrected chi connectivity index (χ3v) is 3.01. The largest absolute Gasteiger partial charge is 0.501 e. The minimum atomic E-state index is 0.485. The fraction of sp³-hybridized carbons (Fsp3) is 0.385. The van der Waals surface area contributed by atoms with Crippen LogP contribution in [0.25, 0.3) is 0 Å². The van der Waals surface area contributed by atoms with E-state index in [1.807, 2.05) is 0 Å². The van der Waals surface area contributed by atoms with Gasteiger partial charge in [-0.1, -0.05) is 29.9 Å². The van der Waals surface area contributed by atoms with Gasteiger partial charge in [0, 0.05) is 12.3 Å². The van der Waals surface area contributed by atoms with Crippen LogP contribution < -0.4 is 5.73 Å². The summed E-state index contributed by atoms with van der Waals surface area (Å²) in [6.07, 6.45) is 12.6. The molecule has 0 aliphatic heterocycles. The van der Waals surface area contributed by atoms with Gasteiger partial charge >= 0.3 is 0 Å². The molecule has 0 heterocycles. The molecule has 0 bridgehead atoms. The molecule has 2 aliphatic rings. The summed E-state index contributed by atoms with van der Waals surface area (Å²) in [7, 11) is 1.73. The highest BCUT2D eigenvalue weighted by atomic mass is 16.5. The molecule has 0 aromatic carbocycles. The van der Waals surface area contributed by atoms with Gasteiger partial charge in [0.15, 0.2) is 0 Å². The van der Waals surface area contributed by atoms with Crippen molar-refractivity contribution in [2.24, 2.45) is 11.7 Å². The summed E-state index contributed by atoms with van der Waals surface area (Å²) in [5.74, 6) is 1.54. The number of hydrogen-bond acceptors (Lipinski definition) is 2. The SMILES string of the molecule is COC1=CC=C2C=CC=C(CCN)C2C1. The molecule has 0 fully saturated rings. The van der Waals surface area contributed by atoms with Crippen LogP contribution in [0.5, 0.6) is 0 Å². The molecule has 0 saturated carbocycles. The smallest absolute Gasteiger partial charge is 0.0964 e. The van der Waals surface area contributed by atoms with Crippen LogP contribution in [0.1, 0.15) is 12.8 Å². The van der Waals surface area contributed by atoms with E-state index in [4.69, 9.17) is 10.5 Å². The standard InChI is InChI=1S/C13H17NO/c1-15-12-6-5-10-3-2-4-11(7-8-14)13(10)9-12/h2-6,13H,7-9,14H2,1H3. The second-order valence-corrected chi connectivity index (χ2v) is 3.90. The molecular weight excluding hydrogens is 186 g/mol. The third kappa shape index (κ3) is 2.05. The fourth-order valence-electron chi connectivity index (χ4n) is 2.18. The number of allylic oxidation sites excluding steroid dienone is 7. The number of ether oxygens (including phenoxy) is 1. The molecule has 0 saturated heterocycles. The molecule has 2 heteroatoms. The quantitative estimate of drug-likeness (QED) is 0.764. The molecule has 0 amide bonds. The van der Waals surface area contributed by atoms with Gasteiger partial charge in [-0.05, 0) is 24.6 Å². The van der Waals surface area contributed by atoms with Crippen molar-refractivity contribution in [3.05, 3.63) is 47.3 Å². The van der Waals surface area contributed by atoms with Crippen LogP contribution in [0.4, 0.5) is 0 Å². The summed E-state index contributed by atoms with van der Waals surface area (Å²) in [6.45, 7) is 0.718. The summed E-state index contributed by atoms with van der Waals surface area (Å²) < 4.78 is 5.30. The normalized spacial score (nSPS) is 23.9. The van der Waals surface area contributed by atoms with Crippen LogP contribution in [0.2, 0.25) is 0 Å². The lowest BCUT2D eigenvalue weighted by Crippen LogP contribution is -2.16. The zero-order chi connectivity index (χ0) is 10.7. The van der Waals surface area contributed by atoms with E-state index in [-0.39, 0.29) is 0 Å². The summed E-state index contributed by atoms with van der Waals surface area (Å²) >= 11 is 0. The highest BCUT2D eigenvalue weighted by Crippen LogP contribution is 2.35. The minimum Gasteiger partial charge on any atom is -0.501 e. The Balaban J connectivity index is 2.22. The molecule has 2 aliphatic carbocycles. The summed E-state index contributed by atoms with van der Waals surface area (Å²) in [4.78, 5) is 0. The van der Waals surface area contributed by atoms with Crippen molar-refractivity contribution in [3.63, 3.8) is 0 Å². The summed E-state index contributed by atoms with van der Waals surface area (Å²) in [5, 5.41) is 0. The van der Waals surface area contributed by atoms with E-state index in [0.29, 0.717) is 5.92 Å². The molecule has 0 spiro atoms. The topological polar surface area (TPSA) is 35.2 Å². The predicted octanol–water partition coefficient (Wildman–Crippen LogP) is 2.31. The Labute approximate surface area is 90.8 Å². The molecule has 0 radical (unpaired) electrons. The Morgan fingerprint density at radius 2 is 2.27 bits per heavy atom. The first-order valence-electron chi connectivity index (χ1n) is 5.37. The van der Waals surface area contributed by atoms with Crippen molar-refractivity contribution in [2.75, 3.05) is 13.7 Å². The first-order chi connectivity index (χ1) is 7.35. The lowest BCUT2D eigenvalue weighted by molar-refractivity contribution is 0.267. The van der Waals surface area contributed by atoms with E-state index in [2.05, 4.69) is 30.4 Å². The number of rotatable bonds is 3. The van der Waals surface area contributed by atoms with Crippen LogP contribution in [0, 0.1) is 5.92 Å². The number of hydrogen-bond donors (Lipinski definition) is 1. The highest BCUT2D eigenvalue weighted by Gasteiger charge is 2.23. The average molecular weight is 203 g/mol. The molecule has 0 aromatic rings. The molecule has 0 aromatic heterocycles. The lowest BCUT2D eigenvalue weighted by atomic mass is 9.80. The van der Waals surface area contributed by atoms with E-state index in [1.165, 1.54) is 11.1 Å². The number of fused-ring (bicyclic) bond motifs is 1. The molecular formula is C13H17NO. The van der Waals surface area contributed by atoms with Crippen LogP contribution in [-0.2, 0) is 4.74 Å². The first kappa shape index (κ1) is 10.2. The minimum absolute atomic E-state index is 0.485. The molecule has 2 nitrogen and oxygen atoms in total. The van der Waals surface area contributed by atoms with E-state index in [1.54, 1.807) is 7.11 Å². The maximum absolute atomic E-state index is 5.62. The lowest BCUT2D eigenvalue weighted by Gasteiger charge is -2.27. The molecule has 15 heavy (non-hydrogen) atoms. The van der Waals surface area contributed by atoms with E-state index in [0.717, 1.165) is 25.1 Å². The monoisotopic (exact) mass is 203 g/mol. The zero-order valence-corrected chi connectivity index (χ0v) is 9.07. The van der Waals surface area contributed by atoms with Gasteiger partial charge in [-0.15, -0.1) is 0 Å². The third-order valence-electron chi connectivity index (χ3n) is 3.01. The highest BCUT2D eigenvalue weighted by molar-refractivity contribution is 5.43. The van der Waals surface area contributed by atoms with Gasteiger partial charge in [0.1, 0.15) is 0 Å². The molecule has 1 atom stereocenters. The predicted molar refractivity (Wildman–Crippen MR) is 62.2 cm³/mol. The van der Waals surface area contributed by atoms with Gasteiger partial charge in [0.25, 0.3) is 0 Å². The van der Waals surface area contributed by atoms with E-state index in [9.17, 15) is 0 Å². The average Bonchev–Trinajstić information content (AvgIpc) is 2.29. The Bertz CT molecular complexity index is 361. The molecule has 2 N–H and O–H groups in total. The Morgan fingerprint density at radius 1 is 1.40 bits per heavy atom.